The van der Waals surface area contributed by atoms with Crippen molar-refractivity contribution >= 4 is 38.6 Å². The van der Waals surface area contributed by atoms with Crippen molar-refractivity contribution in [2.75, 3.05) is 48.2 Å². The maximum absolute atomic E-state index is 13.1. The lowest BCUT2D eigenvalue weighted by atomic mass is 10.1. The fourth-order valence-electron chi connectivity index (χ4n) is 4.38. The highest BCUT2D eigenvalue weighted by Gasteiger charge is 2.33. The number of anilines is 4. The molecule has 9 nitrogen and oxygen atoms in total. The maximum atomic E-state index is 13.1. The van der Waals surface area contributed by atoms with E-state index >= 15 is 0 Å². The first-order valence-corrected chi connectivity index (χ1v) is 14.4. The third kappa shape index (κ3) is 5.19. The number of nitrogens with zero attached hydrogens (tertiary/aromatic N) is 5. The van der Waals surface area contributed by atoms with Gasteiger partial charge in [0.15, 0.2) is 0 Å². The second kappa shape index (κ2) is 10.3. The highest BCUT2D eigenvalue weighted by Crippen LogP contribution is 2.32. The van der Waals surface area contributed by atoms with E-state index < -0.39 is 14.8 Å². The lowest BCUT2D eigenvalue weighted by Crippen LogP contribution is -2.44. The van der Waals surface area contributed by atoms with E-state index in [-0.39, 0.29) is 0 Å². The van der Waals surface area contributed by atoms with Gasteiger partial charge in [-0.05, 0) is 69.8 Å². The van der Waals surface area contributed by atoms with E-state index in [0.29, 0.717) is 18.1 Å². The van der Waals surface area contributed by atoms with E-state index in [1.807, 2.05) is 49.4 Å². The molecule has 200 valence electrons. The van der Waals surface area contributed by atoms with E-state index in [1.165, 1.54) is 5.69 Å². The van der Waals surface area contributed by atoms with Crippen LogP contribution in [0.4, 0.5) is 23.0 Å². The summed E-state index contributed by atoms with van der Waals surface area (Å²) in [7, 11) is -1.45. The van der Waals surface area contributed by atoms with E-state index in [1.54, 1.807) is 30.6 Å². The molecule has 0 spiro atoms. The van der Waals surface area contributed by atoms with Gasteiger partial charge in [-0.25, -0.2) is 17.9 Å². The number of benzene rings is 2. The van der Waals surface area contributed by atoms with Crippen molar-refractivity contribution < 1.29 is 8.42 Å². The van der Waals surface area contributed by atoms with Crippen LogP contribution < -0.4 is 14.9 Å². The molecule has 1 saturated heterocycles. The minimum Gasteiger partial charge on any atom is -0.369 e. The number of aromatic nitrogens is 3. The molecule has 2 aromatic carbocycles. The zero-order valence-electron chi connectivity index (χ0n) is 22.3. The summed E-state index contributed by atoms with van der Waals surface area (Å²) in [6, 6.07) is 19.5. The smallest absolute Gasteiger partial charge is 0.245 e. The van der Waals surface area contributed by atoms with Crippen LogP contribution in [-0.4, -0.2) is 65.9 Å². The summed E-state index contributed by atoms with van der Waals surface area (Å²) >= 11 is 0. The van der Waals surface area contributed by atoms with Crippen LogP contribution in [0.5, 0.6) is 0 Å². The van der Waals surface area contributed by atoms with Gasteiger partial charge in [0.1, 0.15) is 0 Å². The number of likely N-dealkylation sites (N-methyl/N-ethyl adjacent to an activating group) is 1. The van der Waals surface area contributed by atoms with E-state index in [2.05, 4.69) is 44.0 Å². The van der Waals surface area contributed by atoms with Crippen LogP contribution in [-0.2, 0) is 10.0 Å². The predicted molar refractivity (Wildman–Crippen MR) is 155 cm³/mol. The quantitative estimate of drug-likeness (QED) is 0.335. The highest BCUT2D eigenvalue weighted by molar-refractivity contribution is 7.94. The average molecular weight is 534 g/mol. The molecule has 2 aromatic heterocycles. The molecule has 0 radical (unpaired) electrons. The number of nitrogens with one attached hydrogen (secondary N) is 2. The third-order valence-corrected chi connectivity index (χ3v) is 9.65. The minimum atomic E-state index is -3.60. The largest absolute Gasteiger partial charge is 0.369 e. The van der Waals surface area contributed by atoms with Gasteiger partial charge >= 0.3 is 0 Å². The molecule has 1 fully saturated rings. The topological polar surface area (TPSA) is 94.9 Å². The van der Waals surface area contributed by atoms with Gasteiger partial charge in [0, 0.05) is 43.1 Å². The Bertz CT molecular complexity index is 1520. The molecule has 10 heteroatoms. The average Bonchev–Trinajstić information content (AvgIpc) is 3.33. The summed E-state index contributed by atoms with van der Waals surface area (Å²) in [4.78, 5) is 9.22. The molecule has 1 aliphatic rings. The molecule has 0 saturated carbocycles. The first-order valence-electron chi connectivity index (χ1n) is 12.9. The summed E-state index contributed by atoms with van der Waals surface area (Å²) in [5.74, 6) is 0.451. The second-order valence-electron chi connectivity index (χ2n) is 10.4. The Hall–Kier alpha value is -3.63. The van der Waals surface area contributed by atoms with E-state index in [9.17, 15) is 8.42 Å². The number of rotatable bonds is 8. The SMILES string of the molecule is CCC(C)(C)S(=O)(=O)Nc1ccccc1-c1ccc2cnc(Nc3ccc(N4CCN(C)CC4)cc3)nn12. The van der Waals surface area contributed by atoms with Gasteiger partial charge in [-0.2, -0.15) is 0 Å². The summed E-state index contributed by atoms with van der Waals surface area (Å²) in [6.07, 6.45) is 2.25. The summed E-state index contributed by atoms with van der Waals surface area (Å²) < 4.78 is 29.8. The van der Waals surface area contributed by atoms with Crippen molar-refractivity contribution in [1.29, 1.82) is 0 Å². The number of fused-ring (bicyclic) bond motifs is 1. The van der Waals surface area contributed by atoms with Crippen molar-refractivity contribution in [3.8, 4) is 11.3 Å². The Labute approximate surface area is 224 Å². The van der Waals surface area contributed by atoms with Crippen LogP contribution in [0, 0.1) is 0 Å². The molecular formula is C28H35N7O2S. The van der Waals surface area contributed by atoms with Crippen molar-refractivity contribution in [3.63, 3.8) is 0 Å². The van der Waals surface area contributed by atoms with Gasteiger partial charge in [-0.1, -0.05) is 25.1 Å². The summed E-state index contributed by atoms with van der Waals surface area (Å²) in [5, 5.41) is 8.03. The molecule has 38 heavy (non-hydrogen) atoms. The summed E-state index contributed by atoms with van der Waals surface area (Å²) in [6.45, 7) is 9.50. The Morgan fingerprint density at radius 2 is 1.66 bits per heavy atom. The maximum Gasteiger partial charge on any atom is 0.245 e. The van der Waals surface area contributed by atoms with Crippen molar-refractivity contribution in [2.45, 2.75) is 31.9 Å². The summed E-state index contributed by atoms with van der Waals surface area (Å²) in [5.41, 5.74) is 4.93. The van der Waals surface area contributed by atoms with Crippen molar-refractivity contribution in [3.05, 3.63) is 66.9 Å². The van der Waals surface area contributed by atoms with Crippen LogP contribution in [0.25, 0.3) is 16.8 Å². The van der Waals surface area contributed by atoms with E-state index in [4.69, 9.17) is 5.10 Å². The molecule has 5 rings (SSSR count). The molecule has 2 N–H and O–H groups in total. The number of piperazine rings is 1. The first-order chi connectivity index (χ1) is 18.2. The van der Waals surface area contributed by atoms with Gasteiger partial charge in [0.2, 0.25) is 16.0 Å². The number of para-hydroxylation sites is 1. The van der Waals surface area contributed by atoms with Crippen molar-refractivity contribution in [2.24, 2.45) is 0 Å². The molecular weight excluding hydrogens is 498 g/mol. The molecule has 0 aliphatic carbocycles. The standard InChI is InChI=1S/C28H35N7O2S/c1-5-28(2,3)38(36,37)32-25-9-7-6-8-24(25)26-15-14-23-20-29-27(31-35(23)26)30-21-10-12-22(13-11-21)34-18-16-33(4)17-19-34/h6-15,20,32H,5,16-19H2,1-4H3,(H,30,31). The zero-order valence-corrected chi connectivity index (χ0v) is 23.2. The molecule has 0 unspecified atom stereocenters. The van der Waals surface area contributed by atoms with Crippen LogP contribution >= 0.6 is 0 Å². The van der Waals surface area contributed by atoms with Crippen LogP contribution in [0.1, 0.15) is 27.2 Å². The molecule has 1 aliphatic heterocycles. The lowest BCUT2D eigenvalue weighted by molar-refractivity contribution is 0.313. The Kier molecular flexibility index (Phi) is 7.02. The molecule has 0 bridgehead atoms. The molecule has 0 atom stereocenters. The fraction of sp³-hybridized carbons (Fsp3) is 0.357. The number of hydrogen-bond acceptors (Lipinski definition) is 7. The van der Waals surface area contributed by atoms with Crippen LogP contribution in [0.2, 0.25) is 0 Å². The lowest BCUT2D eigenvalue weighted by Gasteiger charge is -2.34. The zero-order chi connectivity index (χ0) is 26.9. The third-order valence-electron chi connectivity index (χ3n) is 7.42. The van der Waals surface area contributed by atoms with Crippen LogP contribution in [0.3, 0.4) is 0 Å². The minimum absolute atomic E-state index is 0.451. The number of sulfonamides is 1. The fourth-order valence-corrected chi connectivity index (χ4v) is 5.50. The van der Waals surface area contributed by atoms with Gasteiger partial charge in [-0.3, -0.25) is 4.72 Å². The van der Waals surface area contributed by atoms with Gasteiger partial charge < -0.3 is 15.1 Å². The van der Waals surface area contributed by atoms with Gasteiger partial charge in [-0.15, -0.1) is 5.10 Å². The predicted octanol–water partition coefficient (Wildman–Crippen LogP) is 4.82. The monoisotopic (exact) mass is 533 g/mol. The Morgan fingerprint density at radius 1 is 0.947 bits per heavy atom. The first kappa shape index (κ1) is 26.0. The Balaban J connectivity index is 1.40. The highest BCUT2D eigenvalue weighted by atomic mass is 32.2. The second-order valence-corrected chi connectivity index (χ2v) is 12.7. The molecule has 0 amide bonds. The van der Waals surface area contributed by atoms with Crippen molar-refractivity contribution in [1.82, 2.24) is 19.5 Å². The van der Waals surface area contributed by atoms with Crippen LogP contribution in [0.15, 0.2) is 66.9 Å². The van der Waals surface area contributed by atoms with Gasteiger partial charge in [0.05, 0.1) is 27.8 Å². The Morgan fingerprint density at radius 3 is 2.37 bits per heavy atom. The molecule has 4 aromatic rings. The normalized spacial score (nSPS) is 15.1. The molecule has 3 heterocycles. The number of hydrogen-bond donors (Lipinski definition) is 2. The van der Waals surface area contributed by atoms with E-state index in [0.717, 1.165) is 48.6 Å². The van der Waals surface area contributed by atoms with Gasteiger partial charge in [0.25, 0.3) is 0 Å².